The summed E-state index contributed by atoms with van der Waals surface area (Å²) in [4.78, 5) is 16.3. The number of nitrogens with zero attached hydrogens (tertiary/aromatic N) is 2. The van der Waals surface area contributed by atoms with Gasteiger partial charge in [-0.15, -0.1) is 0 Å². The van der Waals surface area contributed by atoms with E-state index < -0.39 is 0 Å². The number of carbonyl (C=O) groups is 1. The molecule has 0 radical (unpaired) electrons. The lowest BCUT2D eigenvalue weighted by Crippen LogP contribution is -2.72. The summed E-state index contributed by atoms with van der Waals surface area (Å²) in [6.07, 6.45) is 2.84. The molecule has 0 unspecified atom stereocenters. The SMILES string of the molecule is COCCC(=O)N1CC2(C[C@@H](COC)CCN2C)C1. The number of hydrogen-bond donors (Lipinski definition) is 0. The lowest BCUT2D eigenvalue weighted by atomic mass is 9.75. The highest BCUT2D eigenvalue weighted by Crippen LogP contribution is 2.38. The smallest absolute Gasteiger partial charge is 0.225 e. The largest absolute Gasteiger partial charge is 0.384 e. The molecule has 2 fully saturated rings. The lowest BCUT2D eigenvalue weighted by molar-refractivity contribution is -0.151. The fraction of sp³-hybridized carbons (Fsp3) is 0.929. The van der Waals surface area contributed by atoms with Crippen LogP contribution in [0.4, 0.5) is 0 Å². The van der Waals surface area contributed by atoms with Crippen LogP contribution < -0.4 is 0 Å². The van der Waals surface area contributed by atoms with E-state index >= 15 is 0 Å². The van der Waals surface area contributed by atoms with Gasteiger partial charge >= 0.3 is 0 Å². The van der Waals surface area contributed by atoms with Crippen molar-refractivity contribution in [3.8, 4) is 0 Å². The van der Waals surface area contributed by atoms with Gasteiger partial charge in [0.1, 0.15) is 0 Å². The van der Waals surface area contributed by atoms with Crippen LogP contribution in [0.15, 0.2) is 0 Å². The van der Waals surface area contributed by atoms with Crippen LogP contribution in [0.2, 0.25) is 0 Å². The topological polar surface area (TPSA) is 42.0 Å². The number of likely N-dealkylation sites (tertiary alicyclic amines) is 2. The van der Waals surface area contributed by atoms with Gasteiger partial charge in [-0.2, -0.15) is 0 Å². The van der Waals surface area contributed by atoms with Crippen LogP contribution in [-0.4, -0.2) is 75.4 Å². The summed E-state index contributed by atoms with van der Waals surface area (Å²) in [5.74, 6) is 0.854. The fourth-order valence-electron chi connectivity index (χ4n) is 3.35. The van der Waals surface area contributed by atoms with Gasteiger partial charge in [0.05, 0.1) is 18.6 Å². The molecule has 2 heterocycles. The minimum atomic E-state index is 0.199. The van der Waals surface area contributed by atoms with E-state index in [0.29, 0.717) is 18.9 Å². The van der Waals surface area contributed by atoms with E-state index in [-0.39, 0.29) is 11.4 Å². The Morgan fingerprint density at radius 2 is 2.05 bits per heavy atom. The predicted octanol–water partition coefficient (Wildman–Crippen LogP) is 0.592. The molecule has 5 heteroatoms. The van der Waals surface area contributed by atoms with Gasteiger partial charge in [-0.1, -0.05) is 0 Å². The van der Waals surface area contributed by atoms with Gasteiger partial charge in [0.15, 0.2) is 0 Å². The maximum Gasteiger partial charge on any atom is 0.225 e. The molecular weight excluding hydrogens is 244 g/mol. The molecule has 0 aromatic heterocycles. The molecule has 0 saturated carbocycles. The number of piperidine rings is 1. The van der Waals surface area contributed by atoms with E-state index in [1.54, 1.807) is 14.2 Å². The van der Waals surface area contributed by atoms with Crippen LogP contribution in [0.3, 0.4) is 0 Å². The van der Waals surface area contributed by atoms with E-state index in [9.17, 15) is 4.79 Å². The summed E-state index contributed by atoms with van der Waals surface area (Å²) < 4.78 is 10.3. The highest BCUT2D eigenvalue weighted by Gasteiger charge is 2.50. The van der Waals surface area contributed by atoms with E-state index in [0.717, 1.165) is 32.7 Å². The molecule has 1 spiro atoms. The minimum absolute atomic E-state index is 0.199. The van der Waals surface area contributed by atoms with Crippen molar-refractivity contribution in [2.75, 3.05) is 54.1 Å². The Morgan fingerprint density at radius 3 is 2.68 bits per heavy atom. The summed E-state index contributed by atoms with van der Waals surface area (Å²) in [6, 6.07) is 0. The molecule has 110 valence electrons. The average Bonchev–Trinajstić information content (AvgIpc) is 2.36. The zero-order chi connectivity index (χ0) is 13.9. The van der Waals surface area contributed by atoms with Crippen LogP contribution in [0.25, 0.3) is 0 Å². The van der Waals surface area contributed by atoms with Gasteiger partial charge in [0, 0.05) is 33.9 Å². The Bertz CT molecular complexity index is 316. The maximum absolute atomic E-state index is 11.9. The molecule has 2 aliphatic heterocycles. The molecule has 2 saturated heterocycles. The van der Waals surface area contributed by atoms with Gasteiger partial charge in [0.2, 0.25) is 5.91 Å². The maximum atomic E-state index is 11.9. The lowest BCUT2D eigenvalue weighted by Gasteiger charge is -2.58. The Labute approximate surface area is 115 Å². The molecule has 2 rings (SSSR count). The molecule has 5 nitrogen and oxygen atoms in total. The van der Waals surface area contributed by atoms with Crippen LogP contribution in [0.5, 0.6) is 0 Å². The van der Waals surface area contributed by atoms with Crippen molar-refractivity contribution in [2.45, 2.75) is 24.8 Å². The second kappa shape index (κ2) is 6.20. The van der Waals surface area contributed by atoms with Gasteiger partial charge < -0.3 is 14.4 Å². The molecule has 0 aromatic carbocycles. The first kappa shape index (κ1) is 14.8. The number of likely N-dealkylation sites (N-methyl/N-ethyl adjacent to an activating group) is 1. The van der Waals surface area contributed by atoms with Gasteiger partial charge in [-0.05, 0) is 32.4 Å². The Hall–Kier alpha value is -0.650. The van der Waals surface area contributed by atoms with Crippen molar-refractivity contribution < 1.29 is 14.3 Å². The third-order valence-corrected chi connectivity index (χ3v) is 4.60. The van der Waals surface area contributed by atoms with Crippen molar-refractivity contribution in [3.63, 3.8) is 0 Å². The number of hydrogen-bond acceptors (Lipinski definition) is 4. The van der Waals surface area contributed by atoms with E-state index in [1.165, 1.54) is 6.42 Å². The molecule has 19 heavy (non-hydrogen) atoms. The summed E-state index contributed by atoms with van der Waals surface area (Å²) >= 11 is 0. The number of methoxy groups -OCH3 is 2. The molecule has 0 aliphatic carbocycles. The molecule has 0 N–H and O–H groups in total. The first-order valence-electron chi connectivity index (χ1n) is 7.08. The van der Waals surface area contributed by atoms with Crippen molar-refractivity contribution in [1.29, 1.82) is 0 Å². The highest BCUT2D eigenvalue weighted by atomic mass is 16.5. The van der Waals surface area contributed by atoms with Gasteiger partial charge in [-0.3, -0.25) is 9.69 Å². The minimum Gasteiger partial charge on any atom is -0.384 e. The summed E-state index contributed by atoms with van der Waals surface area (Å²) in [6.45, 7) is 4.20. The predicted molar refractivity (Wildman–Crippen MR) is 73.0 cm³/mol. The van der Waals surface area contributed by atoms with Crippen LogP contribution in [0, 0.1) is 5.92 Å². The van der Waals surface area contributed by atoms with Crippen molar-refractivity contribution in [2.24, 2.45) is 5.92 Å². The Morgan fingerprint density at radius 1 is 1.32 bits per heavy atom. The average molecular weight is 270 g/mol. The second-order valence-electron chi connectivity index (χ2n) is 5.95. The summed E-state index contributed by atoms with van der Waals surface area (Å²) in [7, 11) is 5.58. The highest BCUT2D eigenvalue weighted by molar-refractivity contribution is 5.77. The quantitative estimate of drug-likeness (QED) is 0.733. The van der Waals surface area contributed by atoms with Crippen molar-refractivity contribution in [1.82, 2.24) is 9.80 Å². The molecule has 1 amide bonds. The monoisotopic (exact) mass is 270 g/mol. The molecular formula is C14H26N2O3. The number of ether oxygens (including phenoxy) is 2. The van der Waals surface area contributed by atoms with Crippen LogP contribution in [0.1, 0.15) is 19.3 Å². The van der Waals surface area contributed by atoms with Crippen LogP contribution >= 0.6 is 0 Å². The number of rotatable bonds is 5. The second-order valence-corrected chi connectivity index (χ2v) is 5.95. The van der Waals surface area contributed by atoms with E-state index in [2.05, 4.69) is 11.9 Å². The van der Waals surface area contributed by atoms with Crippen molar-refractivity contribution in [3.05, 3.63) is 0 Å². The van der Waals surface area contributed by atoms with Gasteiger partial charge in [0.25, 0.3) is 0 Å². The third kappa shape index (κ3) is 3.09. The van der Waals surface area contributed by atoms with Gasteiger partial charge in [-0.25, -0.2) is 0 Å². The molecule has 2 aliphatic rings. The third-order valence-electron chi connectivity index (χ3n) is 4.60. The van der Waals surface area contributed by atoms with Crippen LogP contribution in [-0.2, 0) is 14.3 Å². The first-order chi connectivity index (χ1) is 9.11. The molecule has 0 bridgehead atoms. The van der Waals surface area contributed by atoms with E-state index in [4.69, 9.17) is 9.47 Å². The standard InChI is InChI=1S/C14H26N2O3/c1-15-6-4-12(9-19-3)8-14(15)10-16(11-14)13(17)5-7-18-2/h12H,4-11H2,1-3H3/t12-/m0/s1. The Kier molecular flexibility index (Phi) is 4.81. The molecule has 0 aromatic rings. The summed E-state index contributed by atoms with van der Waals surface area (Å²) in [5, 5.41) is 0. The summed E-state index contributed by atoms with van der Waals surface area (Å²) in [5.41, 5.74) is 0.199. The fourth-order valence-corrected chi connectivity index (χ4v) is 3.35. The number of amides is 1. The van der Waals surface area contributed by atoms with Crippen molar-refractivity contribution >= 4 is 5.91 Å². The molecule has 1 atom stereocenters. The van der Waals surface area contributed by atoms with E-state index in [1.807, 2.05) is 4.90 Å². The Balaban J connectivity index is 1.85. The zero-order valence-corrected chi connectivity index (χ0v) is 12.4. The number of carbonyl (C=O) groups excluding carboxylic acids is 1. The first-order valence-corrected chi connectivity index (χ1v) is 7.08. The normalized spacial score (nSPS) is 26.5. The zero-order valence-electron chi connectivity index (χ0n) is 12.4.